The number of aryl methyl sites for hydroxylation is 1. The van der Waals surface area contributed by atoms with E-state index in [9.17, 15) is 14.4 Å². The molecule has 5 rings (SSSR count). The number of fused-ring (bicyclic) bond motifs is 1. The normalized spacial score (nSPS) is 24.4. The lowest BCUT2D eigenvalue weighted by Crippen LogP contribution is -2.54. The van der Waals surface area contributed by atoms with Gasteiger partial charge >= 0.3 is 6.09 Å². The van der Waals surface area contributed by atoms with Crippen LogP contribution in [0.4, 0.5) is 10.5 Å². The minimum atomic E-state index is -0.482. The molecule has 0 radical (unpaired) electrons. The van der Waals surface area contributed by atoms with Crippen molar-refractivity contribution in [2.24, 2.45) is 18.4 Å². The largest absolute Gasteiger partial charge is 0.444 e. The Morgan fingerprint density at radius 1 is 1.10 bits per heavy atom. The summed E-state index contributed by atoms with van der Waals surface area (Å²) in [6, 6.07) is 6.22. The molecular formula is C30H44N6O4. The molecule has 0 aliphatic carbocycles. The number of likely N-dealkylation sites (tertiary alicyclic amines) is 1. The maximum absolute atomic E-state index is 12.7. The number of aromatic nitrogens is 2. The number of hydrogen-bond acceptors (Lipinski definition) is 7. The lowest BCUT2D eigenvalue weighted by molar-refractivity contribution is -0.134. The lowest BCUT2D eigenvalue weighted by atomic mass is 9.73. The highest BCUT2D eigenvalue weighted by Crippen LogP contribution is 2.37. The van der Waals surface area contributed by atoms with Gasteiger partial charge in [-0.25, -0.2) is 4.79 Å². The van der Waals surface area contributed by atoms with E-state index in [1.54, 1.807) is 0 Å². The van der Waals surface area contributed by atoms with E-state index in [1.807, 2.05) is 49.5 Å². The molecule has 3 fully saturated rings. The Labute approximate surface area is 237 Å². The number of ether oxygens (including phenoxy) is 1. The van der Waals surface area contributed by atoms with Crippen molar-refractivity contribution in [2.75, 3.05) is 50.7 Å². The van der Waals surface area contributed by atoms with E-state index < -0.39 is 11.5 Å². The van der Waals surface area contributed by atoms with Gasteiger partial charge in [0.1, 0.15) is 5.60 Å². The first kappa shape index (κ1) is 28.4. The summed E-state index contributed by atoms with van der Waals surface area (Å²) in [5, 5.41) is 8.21. The average Bonchev–Trinajstić information content (AvgIpc) is 3.21. The van der Waals surface area contributed by atoms with Crippen molar-refractivity contribution in [2.45, 2.75) is 65.4 Å². The number of imide groups is 1. The third kappa shape index (κ3) is 5.82. The van der Waals surface area contributed by atoms with Crippen molar-refractivity contribution in [3.05, 3.63) is 23.9 Å². The summed E-state index contributed by atoms with van der Waals surface area (Å²) in [6.45, 7) is 16.5. The van der Waals surface area contributed by atoms with Crippen molar-refractivity contribution in [1.82, 2.24) is 24.9 Å². The molecule has 2 atom stereocenters. The van der Waals surface area contributed by atoms with E-state index in [-0.39, 0.29) is 23.3 Å². The summed E-state index contributed by atoms with van der Waals surface area (Å²) in [4.78, 5) is 43.7. The van der Waals surface area contributed by atoms with E-state index in [4.69, 9.17) is 9.84 Å². The van der Waals surface area contributed by atoms with Crippen molar-refractivity contribution < 1.29 is 19.1 Å². The molecule has 2 aromatic rings. The number of para-hydroxylation sites is 1. The van der Waals surface area contributed by atoms with Crippen LogP contribution >= 0.6 is 0 Å². The number of hydrogen-bond donors (Lipinski definition) is 1. The fraction of sp³-hybridized carbons (Fsp3) is 0.667. The molecule has 3 amide bonds. The molecule has 4 heterocycles. The molecule has 10 heteroatoms. The minimum absolute atomic E-state index is 0.0129. The van der Waals surface area contributed by atoms with E-state index in [2.05, 4.69) is 35.0 Å². The predicted molar refractivity (Wildman–Crippen MR) is 154 cm³/mol. The van der Waals surface area contributed by atoms with Crippen molar-refractivity contribution in [3.63, 3.8) is 0 Å². The van der Waals surface area contributed by atoms with Crippen LogP contribution in [0.15, 0.2) is 18.2 Å². The molecule has 40 heavy (non-hydrogen) atoms. The van der Waals surface area contributed by atoms with E-state index in [1.165, 1.54) is 0 Å². The van der Waals surface area contributed by atoms with Crippen molar-refractivity contribution in [1.29, 1.82) is 0 Å². The minimum Gasteiger partial charge on any atom is -0.444 e. The SMILES string of the molecule is Cn1nc(C2CCC(=O)NC2=O)c2cccc(N3CCN(C[C@@H]4CCN(C(=O)OC(C)(C)C)CC4(C)C)CC3)c21. The number of carbonyl (C=O) groups excluding carboxylic acids is 3. The Morgan fingerprint density at radius 3 is 2.48 bits per heavy atom. The fourth-order valence-electron chi connectivity index (χ4n) is 6.52. The molecule has 1 aromatic carbocycles. The number of anilines is 1. The van der Waals surface area contributed by atoms with Gasteiger partial charge in [0.15, 0.2) is 0 Å². The highest BCUT2D eigenvalue weighted by atomic mass is 16.6. The molecule has 3 saturated heterocycles. The summed E-state index contributed by atoms with van der Waals surface area (Å²) >= 11 is 0. The van der Waals surface area contributed by atoms with E-state index in [0.717, 1.165) is 68.0 Å². The van der Waals surface area contributed by atoms with Crippen LogP contribution < -0.4 is 10.2 Å². The van der Waals surface area contributed by atoms with Gasteiger partial charge in [0.05, 0.1) is 22.8 Å². The highest BCUT2D eigenvalue weighted by molar-refractivity contribution is 6.03. The second-order valence-corrected chi connectivity index (χ2v) is 13.3. The van der Waals surface area contributed by atoms with Gasteiger partial charge in [0.25, 0.3) is 0 Å². The Balaban J connectivity index is 1.22. The van der Waals surface area contributed by atoms with Gasteiger partial charge in [-0.15, -0.1) is 0 Å². The summed E-state index contributed by atoms with van der Waals surface area (Å²) in [5.74, 6) is -0.361. The number of nitrogens with zero attached hydrogens (tertiary/aromatic N) is 5. The van der Waals surface area contributed by atoms with Gasteiger partial charge in [-0.2, -0.15) is 5.10 Å². The molecule has 218 valence electrons. The molecule has 10 nitrogen and oxygen atoms in total. The summed E-state index contributed by atoms with van der Waals surface area (Å²) < 4.78 is 7.51. The quantitative estimate of drug-likeness (QED) is 0.580. The summed E-state index contributed by atoms with van der Waals surface area (Å²) in [5.41, 5.74) is 2.45. The van der Waals surface area contributed by atoms with Crippen molar-refractivity contribution >= 4 is 34.5 Å². The zero-order chi connectivity index (χ0) is 28.8. The fourth-order valence-corrected chi connectivity index (χ4v) is 6.52. The maximum Gasteiger partial charge on any atom is 0.410 e. The molecule has 1 N–H and O–H groups in total. The van der Waals surface area contributed by atoms with Gasteiger partial charge in [-0.1, -0.05) is 26.0 Å². The van der Waals surface area contributed by atoms with Crippen molar-refractivity contribution in [3.8, 4) is 0 Å². The lowest BCUT2D eigenvalue weighted by Gasteiger charge is -2.47. The zero-order valence-corrected chi connectivity index (χ0v) is 24.8. The van der Waals surface area contributed by atoms with E-state index >= 15 is 0 Å². The van der Waals surface area contributed by atoms with Gasteiger partial charge in [-0.3, -0.25) is 24.5 Å². The number of nitrogens with one attached hydrogen (secondary N) is 1. The van der Waals surface area contributed by atoms with Gasteiger partial charge in [0.2, 0.25) is 11.8 Å². The Morgan fingerprint density at radius 2 is 1.82 bits per heavy atom. The Bertz CT molecular complexity index is 1290. The molecule has 0 spiro atoms. The molecule has 0 bridgehead atoms. The number of amides is 3. The first-order chi connectivity index (χ1) is 18.8. The zero-order valence-electron chi connectivity index (χ0n) is 24.8. The topological polar surface area (TPSA) is 100 Å². The van der Waals surface area contributed by atoms with Gasteiger partial charge < -0.3 is 14.5 Å². The molecule has 1 unspecified atom stereocenters. The van der Waals surface area contributed by atoms with Crippen LogP contribution in [0, 0.1) is 11.3 Å². The monoisotopic (exact) mass is 552 g/mol. The van der Waals surface area contributed by atoms with Crippen LogP contribution in [0.25, 0.3) is 10.9 Å². The smallest absolute Gasteiger partial charge is 0.410 e. The molecule has 3 aliphatic heterocycles. The number of piperazine rings is 1. The van der Waals surface area contributed by atoms with Crippen LogP contribution in [-0.4, -0.2) is 88.9 Å². The third-order valence-electron chi connectivity index (χ3n) is 8.74. The maximum atomic E-state index is 12.7. The molecule has 0 saturated carbocycles. The number of carbonyl (C=O) groups is 3. The molecule has 1 aromatic heterocycles. The first-order valence-electron chi connectivity index (χ1n) is 14.6. The second kappa shape index (κ2) is 10.7. The van der Waals surface area contributed by atoms with Gasteiger partial charge in [-0.05, 0) is 51.0 Å². The van der Waals surface area contributed by atoms with Crippen LogP contribution in [0.3, 0.4) is 0 Å². The van der Waals surface area contributed by atoms with Crippen LogP contribution in [0.1, 0.15) is 65.5 Å². The molecular weight excluding hydrogens is 508 g/mol. The summed E-state index contributed by atoms with van der Waals surface area (Å²) in [6.07, 6.45) is 1.60. The number of rotatable bonds is 4. The van der Waals surface area contributed by atoms with E-state index in [0.29, 0.717) is 25.3 Å². The second-order valence-electron chi connectivity index (χ2n) is 13.3. The van der Waals surface area contributed by atoms with Crippen LogP contribution in [0.5, 0.6) is 0 Å². The first-order valence-corrected chi connectivity index (χ1v) is 14.6. The Hall–Kier alpha value is -3.14. The Kier molecular flexibility index (Phi) is 7.58. The average molecular weight is 553 g/mol. The summed E-state index contributed by atoms with van der Waals surface area (Å²) in [7, 11) is 1.93. The highest BCUT2D eigenvalue weighted by Gasteiger charge is 2.40. The molecule has 3 aliphatic rings. The standard InChI is InChI=1S/C30H44N6O4/c1-29(2,3)40-28(39)36-13-12-20(30(4,5)19-36)18-34-14-16-35(17-15-34)23-9-7-8-21-25(32-33(6)26(21)23)22-10-11-24(37)31-27(22)38/h7-9,20,22H,10-19H2,1-6H3,(H,31,37,38)/t20-,22?/m0/s1. The third-order valence-corrected chi connectivity index (χ3v) is 8.74. The predicted octanol–water partition coefficient (Wildman–Crippen LogP) is 3.50. The van der Waals surface area contributed by atoms with Gasteiger partial charge in [0, 0.05) is 64.7 Å². The number of piperidine rings is 2. The van der Waals surface area contributed by atoms with Crippen LogP contribution in [-0.2, 0) is 21.4 Å². The van der Waals surface area contributed by atoms with Crippen LogP contribution in [0.2, 0.25) is 0 Å². The number of benzene rings is 1.